The number of benzene rings is 1. The average molecular weight is 274 g/mol. The first-order valence-electron chi connectivity index (χ1n) is 5.94. The fourth-order valence-corrected chi connectivity index (χ4v) is 2.68. The van der Waals surface area contributed by atoms with E-state index in [1.807, 2.05) is 30.1 Å². The first-order valence-corrected chi connectivity index (χ1v) is 6.75. The van der Waals surface area contributed by atoms with Crippen LogP contribution in [0.5, 0.6) is 0 Å². The fourth-order valence-electron chi connectivity index (χ4n) is 1.75. The van der Waals surface area contributed by atoms with Crippen molar-refractivity contribution < 1.29 is 4.39 Å². The van der Waals surface area contributed by atoms with Crippen molar-refractivity contribution in [1.82, 2.24) is 0 Å². The van der Waals surface area contributed by atoms with E-state index in [-0.39, 0.29) is 5.82 Å². The summed E-state index contributed by atoms with van der Waals surface area (Å²) >= 11 is 1.61. The van der Waals surface area contributed by atoms with Gasteiger partial charge >= 0.3 is 0 Å². The van der Waals surface area contributed by atoms with Crippen LogP contribution in [0.25, 0.3) is 0 Å². The third-order valence-electron chi connectivity index (χ3n) is 2.63. The van der Waals surface area contributed by atoms with Crippen LogP contribution < -0.4 is 10.6 Å². The van der Waals surface area contributed by atoms with E-state index in [1.54, 1.807) is 23.5 Å². The molecule has 2 rings (SSSR count). The fraction of sp³-hybridized carbons (Fsp3) is 0.200. The molecule has 1 aromatic carbocycles. The Morgan fingerprint density at radius 3 is 2.79 bits per heavy atom. The van der Waals surface area contributed by atoms with E-state index < -0.39 is 0 Å². The van der Waals surface area contributed by atoms with Crippen molar-refractivity contribution in [2.45, 2.75) is 6.54 Å². The first kappa shape index (κ1) is 13.6. The molecular weight excluding hydrogens is 259 g/mol. The number of hydrogen-bond donors (Lipinski definition) is 1. The van der Waals surface area contributed by atoms with Crippen molar-refractivity contribution >= 4 is 17.0 Å². The van der Waals surface area contributed by atoms with E-state index in [0.717, 1.165) is 9.75 Å². The normalized spacial score (nSPS) is 9.84. The summed E-state index contributed by atoms with van der Waals surface area (Å²) in [6.45, 7) is 1.03. The quantitative estimate of drug-likeness (QED) is 0.872. The number of rotatable bonds is 3. The molecule has 0 unspecified atom stereocenters. The van der Waals surface area contributed by atoms with E-state index in [4.69, 9.17) is 5.73 Å². The predicted molar refractivity (Wildman–Crippen MR) is 78.8 cm³/mol. The number of halogens is 1. The Morgan fingerprint density at radius 1 is 1.26 bits per heavy atom. The van der Waals surface area contributed by atoms with Crippen LogP contribution in [0, 0.1) is 17.7 Å². The van der Waals surface area contributed by atoms with Gasteiger partial charge in [0.1, 0.15) is 5.82 Å². The minimum absolute atomic E-state index is 0.204. The molecule has 4 heteroatoms. The molecule has 0 aliphatic heterocycles. The van der Waals surface area contributed by atoms with Crippen molar-refractivity contribution in [2.75, 3.05) is 18.5 Å². The van der Waals surface area contributed by atoms with Gasteiger partial charge in [-0.2, -0.15) is 0 Å². The minimum atomic E-state index is -0.204. The SMILES string of the molecule is CN(Cc1ccc(C#CCN)s1)c1ccccc1F. The van der Waals surface area contributed by atoms with E-state index in [1.165, 1.54) is 6.07 Å². The molecule has 2 aromatic rings. The number of nitrogens with zero attached hydrogens (tertiary/aromatic N) is 1. The van der Waals surface area contributed by atoms with E-state index in [9.17, 15) is 4.39 Å². The summed E-state index contributed by atoms with van der Waals surface area (Å²) in [6, 6.07) is 10.8. The van der Waals surface area contributed by atoms with E-state index >= 15 is 0 Å². The maximum Gasteiger partial charge on any atom is 0.146 e. The Balaban J connectivity index is 2.09. The summed E-state index contributed by atoms with van der Waals surface area (Å²) in [5.74, 6) is 5.62. The third-order valence-corrected chi connectivity index (χ3v) is 3.62. The molecule has 98 valence electrons. The molecule has 1 aromatic heterocycles. The highest BCUT2D eigenvalue weighted by molar-refractivity contribution is 7.12. The molecule has 1 heterocycles. The summed E-state index contributed by atoms with van der Waals surface area (Å²) in [4.78, 5) is 4.02. The zero-order valence-electron chi connectivity index (χ0n) is 10.7. The molecule has 0 spiro atoms. The summed E-state index contributed by atoms with van der Waals surface area (Å²) in [7, 11) is 1.88. The van der Waals surface area contributed by atoms with Crippen LogP contribution >= 0.6 is 11.3 Å². The molecule has 0 radical (unpaired) electrons. The highest BCUT2D eigenvalue weighted by atomic mass is 32.1. The lowest BCUT2D eigenvalue weighted by atomic mass is 10.3. The van der Waals surface area contributed by atoms with Gasteiger partial charge in [-0.1, -0.05) is 24.0 Å². The van der Waals surface area contributed by atoms with E-state index in [2.05, 4.69) is 11.8 Å². The highest BCUT2D eigenvalue weighted by Crippen LogP contribution is 2.22. The molecule has 2 nitrogen and oxygen atoms in total. The lowest BCUT2D eigenvalue weighted by molar-refractivity contribution is 0.622. The Kier molecular flexibility index (Phi) is 4.56. The summed E-state index contributed by atoms with van der Waals surface area (Å²) in [5, 5.41) is 0. The molecule has 0 amide bonds. The van der Waals surface area contributed by atoms with Gasteiger partial charge in [0, 0.05) is 11.9 Å². The van der Waals surface area contributed by atoms with Gasteiger partial charge in [0.15, 0.2) is 0 Å². The van der Waals surface area contributed by atoms with Gasteiger partial charge in [0.05, 0.1) is 23.7 Å². The van der Waals surface area contributed by atoms with Gasteiger partial charge in [-0.3, -0.25) is 0 Å². The molecule has 19 heavy (non-hydrogen) atoms. The molecule has 0 fully saturated rings. The Labute approximate surface area is 116 Å². The molecule has 0 atom stereocenters. The van der Waals surface area contributed by atoms with Crippen LogP contribution in [0.1, 0.15) is 9.75 Å². The van der Waals surface area contributed by atoms with Crippen LogP contribution in [-0.2, 0) is 6.54 Å². The van der Waals surface area contributed by atoms with Crippen molar-refractivity contribution in [2.24, 2.45) is 5.73 Å². The molecule has 0 bridgehead atoms. The molecule has 2 N–H and O–H groups in total. The zero-order chi connectivity index (χ0) is 13.7. The zero-order valence-corrected chi connectivity index (χ0v) is 11.5. The number of hydrogen-bond acceptors (Lipinski definition) is 3. The van der Waals surface area contributed by atoms with Crippen LogP contribution in [0.2, 0.25) is 0 Å². The maximum atomic E-state index is 13.6. The Morgan fingerprint density at radius 2 is 2.05 bits per heavy atom. The van der Waals surface area contributed by atoms with Crippen LogP contribution in [0.15, 0.2) is 36.4 Å². The summed E-state index contributed by atoms with van der Waals surface area (Å²) in [5.41, 5.74) is 5.94. The smallest absolute Gasteiger partial charge is 0.146 e. The molecule has 0 aliphatic carbocycles. The second-order valence-corrected chi connectivity index (χ2v) is 5.25. The summed E-state index contributed by atoms with van der Waals surface area (Å²) < 4.78 is 13.6. The lowest BCUT2D eigenvalue weighted by Gasteiger charge is -2.18. The van der Waals surface area contributed by atoms with Crippen molar-refractivity contribution in [3.63, 3.8) is 0 Å². The van der Waals surface area contributed by atoms with Crippen molar-refractivity contribution in [3.8, 4) is 11.8 Å². The lowest BCUT2D eigenvalue weighted by Crippen LogP contribution is -2.16. The maximum absolute atomic E-state index is 13.6. The van der Waals surface area contributed by atoms with Crippen LogP contribution in [0.3, 0.4) is 0 Å². The number of thiophene rings is 1. The van der Waals surface area contributed by atoms with Crippen LogP contribution in [-0.4, -0.2) is 13.6 Å². The molecule has 0 aliphatic rings. The Hall–Kier alpha value is -1.83. The van der Waals surface area contributed by atoms with E-state index in [0.29, 0.717) is 18.8 Å². The van der Waals surface area contributed by atoms with Crippen LogP contribution in [0.4, 0.5) is 10.1 Å². The largest absolute Gasteiger partial charge is 0.367 e. The average Bonchev–Trinajstić information content (AvgIpc) is 2.84. The van der Waals surface area contributed by atoms with Gasteiger partial charge < -0.3 is 10.6 Å². The second kappa shape index (κ2) is 6.37. The van der Waals surface area contributed by atoms with Crippen molar-refractivity contribution in [3.05, 3.63) is 52.0 Å². The van der Waals surface area contributed by atoms with Crippen molar-refractivity contribution in [1.29, 1.82) is 0 Å². The molecule has 0 saturated heterocycles. The van der Waals surface area contributed by atoms with Gasteiger partial charge in [-0.15, -0.1) is 11.3 Å². The highest BCUT2D eigenvalue weighted by Gasteiger charge is 2.08. The van der Waals surface area contributed by atoms with Gasteiger partial charge in [-0.05, 0) is 24.3 Å². The second-order valence-electron chi connectivity index (χ2n) is 4.08. The third kappa shape index (κ3) is 3.57. The monoisotopic (exact) mass is 274 g/mol. The standard InChI is InChI=1S/C15H15FN2S/c1-18(15-7-3-2-6-14(15)16)11-13-9-8-12(19-13)5-4-10-17/h2-3,6-9H,10-11,17H2,1H3. The molecular formula is C15H15FN2S. The van der Waals surface area contributed by atoms with Gasteiger partial charge in [0.25, 0.3) is 0 Å². The topological polar surface area (TPSA) is 29.3 Å². The number of para-hydroxylation sites is 1. The molecule has 0 saturated carbocycles. The van der Waals surface area contributed by atoms with Gasteiger partial charge in [-0.25, -0.2) is 4.39 Å². The Bertz CT molecular complexity index is 610. The summed E-state index contributed by atoms with van der Waals surface area (Å²) in [6.07, 6.45) is 0. The number of nitrogens with two attached hydrogens (primary N) is 1. The van der Waals surface area contributed by atoms with Gasteiger partial charge in [0.2, 0.25) is 0 Å². The predicted octanol–water partition coefficient (Wildman–Crippen LogP) is 2.83. The number of anilines is 1. The minimum Gasteiger partial charge on any atom is -0.367 e. The first-order chi connectivity index (χ1) is 9.20.